The Morgan fingerprint density at radius 1 is 1.19 bits per heavy atom. The van der Waals surface area contributed by atoms with Crippen molar-refractivity contribution in [3.63, 3.8) is 0 Å². The number of halogens is 3. The van der Waals surface area contributed by atoms with Crippen LogP contribution in [0.2, 0.25) is 10.0 Å². The molecule has 0 saturated carbocycles. The maximum Gasteiger partial charge on any atom is 0.247 e. The van der Waals surface area contributed by atoms with Crippen LogP contribution in [0.3, 0.4) is 0 Å². The highest BCUT2D eigenvalue weighted by Crippen LogP contribution is 2.31. The van der Waals surface area contributed by atoms with Crippen molar-refractivity contribution in [2.75, 3.05) is 5.32 Å². The van der Waals surface area contributed by atoms with Crippen LogP contribution in [-0.4, -0.2) is 5.91 Å². The summed E-state index contributed by atoms with van der Waals surface area (Å²) in [6.07, 6.45) is 0. The minimum atomic E-state index is -1.10. The number of nitrogens with two attached hydrogens (primary N) is 1. The van der Waals surface area contributed by atoms with Crippen molar-refractivity contribution in [3.8, 4) is 0 Å². The number of anilines is 1. The number of rotatable bonds is 4. The standard InChI is InChI=1S/C15H13BrCl2N2O/c1-15(14(19)21,9-5-6-12(17)13(18)7-9)20-11-4-2-3-10(16)8-11/h2-8,20H,1H3,(H2,19,21). The zero-order valence-electron chi connectivity index (χ0n) is 11.2. The van der Waals surface area contributed by atoms with Crippen molar-refractivity contribution >= 4 is 50.7 Å². The van der Waals surface area contributed by atoms with E-state index in [1.54, 1.807) is 25.1 Å². The van der Waals surface area contributed by atoms with Crippen molar-refractivity contribution in [2.45, 2.75) is 12.5 Å². The summed E-state index contributed by atoms with van der Waals surface area (Å²) < 4.78 is 0.897. The van der Waals surface area contributed by atoms with Crippen LogP contribution < -0.4 is 11.1 Å². The minimum Gasteiger partial charge on any atom is -0.368 e. The monoisotopic (exact) mass is 386 g/mol. The third kappa shape index (κ3) is 3.51. The fourth-order valence-corrected chi connectivity index (χ4v) is 2.64. The van der Waals surface area contributed by atoms with Crippen LogP contribution >= 0.6 is 39.1 Å². The molecule has 1 amide bonds. The summed E-state index contributed by atoms with van der Waals surface area (Å²) in [4.78, 5) is 12.0. The summed E-state index contributed by atoms with van der Waals surface area (Å²) in [6.45, 7) is 1.70. The number of hydrogen-bond acceptors (Lipinski definition) is 2. The first-order valence-electron chi connectivity index (χ1n) is 6.12. The molecule has 0 radical (unpaired) electrons. The van der Waals surface area contributed by atoms with E-state index in [1.807, 2.05) is 24.3 Å². The first kappa shape index (κ1) is 16.1. The van der Waals surface area contributed by atoms with Crippen LogP contribution in [0, 0.1) is 0 Å². The van der Waals surface area contributed by atoms with E-state index in [9.17, 15) is 4.79 Å². The molecule has 2 rings (SSSR count). The maximum atomic E-state index is 12.0. The van der Waals surface area contributed by atoms with Crippen LogP contribution in [0.5, 0.6) is 0 Å². The molecule has 2 aromatic rings. The zero-order valence-corrected chi connectivity index (χ0v) is 14.3. The van der Waals surface area contributed by atoms with E-state index in [2.05, 4.69) is 21.2 Å². The molecule has 21 heavy (non-hydrogen) atoms. The van der Waals surface area contributed by atoms with Crippen LogP contribution in [-0.2, 0) is 10.3 Å². The number of hydrogen-bond donors (Lipinski definition) is 2. The van der Waals surface area contributed by atoms with Gasteiger partial charge in [0.15, 0.2) is 0 Å². The summed E-state index contributed by atoms with van der Waals surface area (Å²) in [5.41, 5.74) is 5.89. The molecule has 0 bridgehead atoms. The number of benzene rings is 2. The van der Waals surface area contributed by atoms with E-state index < -0.39 is 11.4 Å². The normalized spacial score (nSPS) is 13.5. The summed E-state index contributed by atoms with van der Waals surface area (Å²) in [7, 11) is 0. The molecule has 3 N–H and O–H groups in total. The van der Waals surface area contributed by atoms with Gasteiger partial charge in [-0.25, -0.2) is 0 Å². The largest absolute Gasteiger partial charge is 0.368 e. The lowest BCUT2D eigenvalue weighted by atomic mass is 9.91. The van der Waals surface area contributed by atoms with Crippen molar-refractivity contribution in [1.82, 2.24) is 0 Å². The summed E-state index contributed by atoms with van der Waals surface area (Å²) in [5, 5.41) is 3.95. The van der Waals surface area contributed by atoms with Crippen LogP contribution in [0.15, 0.2) is 46.9 Å². The first-order valence-corrected chi connectivity index (χ1v) is 7.67. The molecular formula is C15H13BrCl2N2O. The van der Waals surface area contributed by atoms with E-state index in [0.29, 0.717) is 15.6 Å². The van der Waals surface area contributed by atoms with Gasteiger partial charge in [-0.3, -0.25) is 4.79 Å². The molecule has 2 aromatic carbocycles. The maximum absolute atomic E-state index is 12.0. The number of nitrogens with one attached hydrogen (secondary N) is 1. The van der Waals surface area contributed by atoms with Gasteiger partial charge < -0.3 is 11.1 Å². The number of carbonyl (C=O) groups is 1. The van der Waals surface area contributed by atoms with E-state index in [0.717, 1.165) is 10.2 Å². The predicted octanol–water partition coefficient (Wildman–Crippen LogP) is 4.57. The average molecular weight is 388 g/mol. The summed E-state index contributed by atoms with van der Waals surface area (Å²) in [5.74, 6) is -0.513. The zero-order chi connectivity index (χ0) is 15.6. The second-order valence-corrected chi connectivity index (χ2v) is 6.48. The lowest BCUT2D eigenvalue weighted by Crippen LogP contribution is -2.45. The fourth-order valence-electron chi connectivity index (χ4n) is 1.94. The Hall–Kier alpha value is -1.23. The lowest BCUT2D eigenvalue weighted by Gasteiger charge is -2.29. The molecule has 0 aromatic heterocycles. The molecule has 0 heterocycles. The van der Waals surface area contributed by atoms with Gasteiger partial charge in [-0.15, -0.1) is 0 Å². The van der Waals surface area contributed by atoms with Gasteiger partial charge in [0.1, 0.15) is 5.54 Å². The van der Waals surface area contributed by atoms with Gasteiger partial charge in [0.25, 0.3) is 0 Å². The number of primary amides is 1. The molecule has 0 aliphatic heterocycles. The quantitative estimate of drug-likeness (QED) is 0.807. The summed E-state index contributed by atoms with van der Waals surface area (Å²) in [6, 6.07) is 12.5. The summed E-state index contributed by atoms with van der Waals surface area (Å²) >= 11 is 15.3. The minimum absolute atomic E-state index is 0.373. The van der Waals surface area contributed by atoms with Crippen LogP contribution in [0.4, 0.5) is 5.69 Å². The molecule has 1 unspecified atom stereocenters. The Balaban J connectivity index is 2.45. The topological polar surface area (TPSA) is 55.1 Å². The Bertz CT molecular complexity index is 693. The molecule has 110 valence electrons. The van der Waals surface area contributed by atoms with Gasteiger partial charge in [0.05, 0.1) is 10.0 Å². The fraction of sp³-hybridized carbons (Fsp3) is 0.133. The van der Waals surface area contributed by atoms with E-state index in [-0.39, 0.29) is 0 Å². The van der Waals surface area contributed by atoms with Crippen molar-refractivity contribution in [3.05, 3.63) is 62.5 Å². The van der Waals surface area contributed by atoms with E-state index in [4.69, 9.17) is 28.9 Å². The molecule has 6 heteroatoms. The Morgan fingerprint density at radius 3 is 2.48 bits per heavy atom. The molecule has 0 fully saturated rings. The van der Waals surface area contributed by atoms with Crippen LogP contribution in [0.1, 0.15) is 12.5 Å². The SMILES string of the molecule is CC(Nc1cccc(Br)c1)(C(N)=O)c1ccc(Cl)c(Cl)c1. The van der Waals surface area contributed by atoms with Gasteiger partial charge in [-0.05, 0) is 42.8 Å². The highest BCUT2D eigenvalue weighted by atomic mass is 79.9. The molecule has 1 atom stereocenters. The van der Waals surface area contributed by atoms with Gasteiger partial charge >= 0.3 is 0 Å². The highest BCUT2D eigenvalue weighted by molar-refractivity contribution is 9.10. The third-order valence-corrected chi connectivity index (χ3v) is 4.44. The molecule has 0 aliphatic carbocycles. The van der Waals surface area contributed by atoms with Gasteiger partial charge in [0, 0.05) is 10.2 Å². The molecule has 3 nitrogen and oxygen atoms in total. The molecule has 0 spiro atoms. The second-order valence-electron chi connectivity index (χ2n) is 4.75. The number of amides is 1. The Morgan fingerprint density at radius 2 is 1.90 bits per heavy atom. The molecule has 0 saturated heterocycles. The first-order chi connectivity index (χ1) is 9.83. The van der Waals surface area contributed by atoms with Gasteiger partial charge in [-0.1, -0.05) is 51.3 Å². The van der Waals surface area contributed by atoms with E-state index >= 15 is 0 Å². The molecular weight excluding hydrogens is 375 g/mol. The Kier molecular flexibility index (Phi) is 4.81. The highest BCUT2D eigenvalue weighted by Gasteiger charge is 2.33. The average Bonchev–Trinajstić information content (AvgIpc) is 2.41. The smallest absolute Gasteiger partial charge is 0.247 e. The third-order valence-electron chi connectivity index (χ3n) is 3.21. The number of carbonyl (C=O) groups excluding carboxylic acids is 1. The van der Waals surface area contributed by atoms with Crippen molar-refractivity contribution in [1.29, 1.82) is 0 Å². The van der Waals surface area contributed by atoms with Gasteiger partial charge in [0.2, 0.25) is 5.91 Å². The van der Waals surface area contributed by atoms with Gasteiger partial charge in [-0.2, -0.15) is 0 Å². The Labute approximate surface area is 141 Å². The predicted molar refractivity (Wildman–Crippen MR) is 90.8 cm³/mol. The van der Waals surface area contributed by atoms with E-state index in [1.165, 1.54) is 0 Å². The molecule has 0 aliphatic rings. The van der Waals surface area contributed by atoms with Crippen LogP contribution in [0.25, 0.3) is 0 Å². The van der Waals surface area contributed by atoms with Crippen molar-refractivity contribution < 1.29 is 4.79 Å². The van der Waals surface area contributed by atoms with Crippen molar-refractivity contribution in [2.24, 2.45) is 5.73 Å². The lowest BCUT2D eigenvalue weighted by molar-refractivity contribution is -0.122. The second kappa shape index (κ2) is 6.26.